The van der Waals surface area contributed by atoms with Crippen LogP contribution in [-0.2, 0) is 9.53 Å². The molecule has 0 radical (unpaired) electrons. The molecule has 2 saturated heterocycles. The highest BCUT2D eigenvalue weighted by Crippen LogP contribution is 2.21. The van der Waals surface area contributed by atoms with E-state index in [1.165, 1.54) is 0 Å². The fraction of sp³-hybridized carbons (Fsp3) is 0.900. The van der Waals surface area contributed by atoms with E-state index in [1.807, 2.05) is 4.90 Å². The zero-order valence-electron chi connectivity index (χ0n) is 8.25. The lowest BCUT2D eigenvalue weighted by Crippen LogP contribution is -2.38. The summed E-state index contributed by atoms with van der Waals surface area (Å²) in [5, 5.41) is 0.156. The normalized spacial score (nSPS) is 33.4. The third kappa shape index (κ3) is 2.20. The number of rotatable bonds is 1. The van der Waals surface area contributed by atoms with Gasteiger partial charge in [0, 0.05) is 19.7 Å². The summed E-state index contributed by atoms with van der Waals surface area (Å²) in [6.07, 6.45) is 2.91. The number of nitrogens with zero attached hydrogens (tertiary/aromatic N) is 1. The Balaban J connectivity index is 1.87. The van der Waals surface area contributed by atoms with E-state index in [1.54, 1.807) is 0 Å². The SMILES string of the molecule is O=C(C1CCCOC1)N1CCC(Cl)C1. The van der Waals surface area contributed by atoms with Gasteiger partial charge in [-0.25, -0.2) is 0 Å². The van der Waals surface area contributed by atoms with Crippen molar-refractivity contribution in [2.45, 2.75) is 24.6 Å². The Morgan fingerprint density at radius 2 is 2.29 bits per heavy atom. The van der Waals surface area contributed by atoms with E-state index in [-0.39, 0.29) is 17.2 Å². The standard InChI is InChI=1S/C10H16ClNO2/c11-9-3-4-12(6-9)10(13)8-2-1-5-14-7-8/h8-9H,1-7H2. The van der Waals surface area contributed by atoms with Gasteiger partial charge in [0.2, 0.25) is 5.91 Å². The lowest BCUT2D eigenvalue weighted by molar-refractivity contribution is -0.138. The van der Waals surface area contributed by atoms with Crippen molar-refractivity contribution in [2.24, 2.45) is 5.92 Å². The van der Waals surface area contributed by atoms with Crippen LogP contribution >= 0.6 is 11.6 Å². The zero-order valence-corrected chi connectivity index (χ0v) is 9.00. The summed E-state index contributed by atoms with van der Waals surface area (Å²) in [5.41, 5.74) is 0. The second-order valence-corrected chi connectivity index (χ2v) is 4.70. The van der Waals surface area contributed by atoms with E-state index in [0.29, 0.717) is 6.61 Å². The predicted octanol–water partition coefficient (Wildman–Crippen LogP) is 1.25. The second kappa shape index (κ2) is 4.49. The Kier molecular flexibility index (Phi) is 3.29. The minimum atomic E-state index is 0.0886. The molecule has 0 aliphatic carbocycles. The van der Waals surface area contributed by atoms with Gasteiger partial charge in [0.15, 0.2) is 0 Å². The Morgan fingerprint density at radius 1 is 1.43 bits per heavy atom. The maximum Gasteiger partial charge on any atom is 0.228 e. The van der Waals surface area contributed by atoms with Gasteiger partial charge in [0.05, 0.1) is 17.9 Å². The Hall–Kier alpha value is -0.280. The number of carbonyl (C=O) groups excluding carboxylic acids is 1. The van der Waals surface area contributed by atoms with Crippen molar-refractivity contribution in [3.63, 3.8) is 0 Å². The first-order valence-corrected chi connectivity index (χ1v) is 5.71. The lowest BCUT2D eigenvalue weighted by Gasteiger charge is -2.26. The number of alkyl halides is 1. The van der Waals surface area contributed by atoms with Crippen LogP contribution < -0.4 is 0 Å². The predicted molar refractivity (Wildman–Crippen MR) is 54.4 cm³/mol. The second-order valence-electron chi connectivity index (χ2n) is 4.08. The van der Waals surface area contributed by atoms with E-state index in [0.717, 1.165) is 39.0 Å². The smallest absolute Gasteiger partial charge is 0.228 e. The summed E-state index contributed by atoms with van der Waals surface area (Å²) in [4.78, 5) is 13.8. The van der Waals surface area contributed by atoms with Gasteiger partial charge < -0.3 is 9.64 Å². The molecule has 2 atom stereocenters. The van der Waals surface area contributed by atoms with Crippen LogP contribution in [0.1, 0.15) is 19.3 Å². The fourth-order valence-electron chi connectivity index (χ4n) is 2.11. The average molecular weight is 218 g/mol. The van der Waals surface area contributed by atoms with Crippen molar-refractivity contribution in [1.29, 1.82) is 0 Å². The first-order chi connectivity index (χ1) is 6.77. The Bertz CT molecular complexity index is 209. The molecule has 1 amide bonds. The quantitative estimate of drug-likeness (QED) is 0.619. The van der Waals surface area contributed by atoms with Crippen LogP contribution in [0.2, 0.25) is 0 Å². The van der Waals surface area contributed by atoms with Crippen LogP contribution in [0.15, 0.2) is 0 Å². The van der Waals surface area contributed by atoms with Gasteiger partial charge >= 0.3 is 0 Å². The maximum absolute atomic E-state index is 11.9. The summed E-state index contributed by atoms with van der Waals surface area (Å²) in [7, 11) is 0. The van der Waals surface area contributed by atoms with Gasteiger partial charge in [-0.3, -0.25) is 4.79 Å². The number of ether oxygens (including phenoxy) is 1. The van der Waals surface area contributed by atoms with Gasteiger partial charge in [0.25, 0.3) is 0 Å². The fourth-order valence-corrected chi connectivity index (χ4v) is 2.38. The van der Waals surface area contributed by atoms with E-state index < -0.39 is 0 Å². The van der Waals surface area contributed by atoms with Crippen LogP contribution in [-0.4, -0.2) is 42.5 Å². The van der Waals surface area contributed by atoms with Crippen molar-refractivity contribution in [3.05, 3.63) is 0 Å². The number of halogens is 1. The van der Waals surface area contributed by atoms with Gasteiger partial charge in [-0.05, 0) is 19.3 Å². The number of amides is 1. The summed E-state index contributed by atoms with van der Waals surface area (Å²) >= 11 is 5.96. The minimum absolute atomic E-state index is 0.0886. The van der Waals surface area contributed by atoms with Gasteiger partial charge in [-0.2, -0.15) is 0 Å². The highest BCUT2D eigenvalue weighted by atomic mass is 35.5. The van der Waals surface area contributed by atoms with E-state index in [2.05, 4.69) is 0 Å². The molecule has 3 nitrogen and oxygen atoms in total. The average Bonchev–Trinajstić information content (AvgIpc) is 2.65. The molecule has 2 heterocycles. The number of hydrogen-bond donors (Lipinski definition) is 0. The van der Waals surface area contributed by atoms with E-state index in [4.69, 9.17) is 16.3 Å². The van der Waals surface area contributed by atoms with Crippen LogP contribution in [0.5, 0.6) is 0 Å². The molecule has 0 bridgehead atoms. The molecule has 4 heteroatoms. The van der Waals surface area contributed by atoms with E-state index in [9.17, 15) is 4.79 Å². The van der Waals surface area contributed by atoms with Crippen molar-refractivity contribution >= 4 is 17.5 Å². The minimum Gasteiger partial charge on any atom is -0.381 e. The molecule has 2 aliphatic heterocycles. The topological polar surface area (TPSA) is 29.5 Å². The van der Waals surface area contributed by atoms with Crippen molar-refractivity contribution in [2.75, 3.05) is 26.3 Å². The van der Waals surface area contributed by atoms with Crippen LogP contribution in [0.4, 0.5) is 0 Å². The lowest BCUT2D eigenvalue weighted by atomic mass is 10.0. The van der Waals surface area contributed by atoms with Crippen molar-refractivity contribution < 1.29 is 9.53 Å². The molecule has 2 rings (SSSR count). The Labute approximate surface area is 89.4 Å². The summed E-state index contributed by atoms with van der Waals surface area (Å²) < 4.78 is 5.31. The molecule has 0 aromatic heterocycles. The van der Waals surface area contributed by atoms with Gasteiger partial charge in [0.1, 0.15) is 0 Å². The molecule has 0 N–H and O–H groups in total. The van der Waals surface area contributed by atoms with Gasteiger partial charge in [-0.15, -0.1) is 11.6 Å². The maximum atomic E-state index is 11.9. The van der Waals surface area contributed by atoms with Crippen LogP contribution in [0.25, 0.3) is 0 Å². The highest BCUT2D eigenvalue weighted by Gasteiger charge is 2.30. The van der Waals surface area contributed by atoms with Crippen LogP contribution in [0.3, 0.4) is 0 Å². The molecular weight excluding hydrogens is 202 g/mol. The third-order valence-electron chi connectivity index (χ3n) is 2.95. The molecule has 0 spiro atoms. The van der Waals surface area contributed by atoms with E-state index >= 15 is 0 Å². The summed E-state index contributed by atoms with van der Waals surface area (Å²) in [6, 6.07) is 0. The van der Waals surface area contributed by atoms with Crippen molar-refractivity contribution in [3.8, 4) is 0 Å². The number of likely N-dealkylation sites (tertiary alicyclic amines) is 1. The molecule has 0 aromatic carbocycles. The zero-order chi connectivity index (χ0) is 9.97. The third-order valence-corrected chi connectivity index (χ3v) is 3.31. The molecule has 0 saturated carbocycles. The number of hydrogen-bond acceptors (Lipinski definition) is 2. The monoisotopic (exact) mass is 217 g/mol. The van der Waals surface area contributed by atoms with Gasteiger partial charge in [-0.1, -0.05) is 0 Å². The number of carbonyl (C=O) groups is 1. The first kappa shape index (κ1) is 10.2. The molecule has 80 valence electrons. The molecule has 2 fully saturated rings. The summed E-state index contributed by atoms with van der Waals surface area (Å²) in [5.74, 6) is 0.332. The highest BCUT2D eigenvalue weighted by molar-refractivity contribution is 6.21. The molecule has 14 heavy (non-hydrogen) atoms. The Morgan fingerprint density at radius 3 is 2.86 bits per heavy atom. The first-order valence-electron chi connectivity index (χ1n) is 5.28. The van der Waals surface area contributed by atoms with Crippen molar-refractivity contribution in [1.82, 2.24) is 4.90 Å². The molecule has 2 aliphatic rings. The molecule has 2 unspecified atom stereocenters. The largest absolute Gasteiger partial charge is 0.381 e. The summed E-state index contributed by atoms with van der Waals surface area (Å²) in [6.45, 7) is 2.95. The molecular formula is C10H16ClNO2. The molecule has 0 aromatic rings. The van der Waals surface area contributed by atoms with Crippen LogP contribution in [0, 0.1) is 5.92 Å².